The molecule has 30 heavy (non-hydrogen) atoms. The van der Waals surface area contributed by atoms with Crippen LogP contribution in [0, 0.1) is 0 Å². The summed E-state index contributed by atoms with van der Waals surface area (Å²) >= 11 is 0. The maximum absolute atomic E-state index is 11.7. The van der Waals surface area contributed by atoms with Crippen LogP contribution in [0.4, 0.5) is 23.5 Å². The van der Waals surface area contributed by atoms with Crippen LogP contribution >= 0.6 is 0 Å². The van der Waals surface area contributed by atoms with Gasteiger partial charge in [-0.15, -0.1) is 0 Å². The molecule has 6 N–H and O–H groups in total. The van der Waals surface area contributed by atoms with E-state index in [0.29, 0.717) is 12.6 Å². The van der Waals surface area contributed by atoms with Gasteiger partial charge in [0.1, 0.15) is 4.90 Å². The van der Waals surface area contributed by atoms with Crippen molar-refractivity contribution >= 4 is 43.8 Å². The second-order valence-corrected chi connectivity index (χ2v) is 8.72. The summed E-state index contributed by atoms with van der Waals surface area (Å²) in [6.45, 7) is 0.378. The fourth-order valence-electron chi connectivity index (χ4n) is 2.40. The minimum absolute atomic E-state index is 0.0943. The van der Waals surface area contributed by atoms with Crippen LogP contribution in [-0.2, 0) is 26.8 Å². The van der Waals surface area contributed by atoms with Crippen molar-refractivity contribution in [1.82, 2.24) is 15.0 Å². The third-order valence-electron chi connectivity index (χ3n) is 3.72. The first kappa shape index (κ1) is 21.4. The monoisotopic (exact) mass is 452 g/mol. The van der Waals surface area contributed by atoms with Gasteiger partial charge in [0.15, 0.2) is 0 Å². The van der Waals surface area contributed by atoms with Gasteiger partial charge in [-0.05, 0) is 23.8 Å². The molecule has 1 heterocycles. The summed E-state index contributed by atoms with van der Waals surface area (Å²) in [6.07, 6.45) is 0. The lowest BCUT2D eigenvalue weighted by molar-refractivity contribution is 0.481. The smallest absolute Gasteiger partial charge is 0.296 e. The molecule has 3 aromatic rings. The molecule has 0 aliphatic rings. The average molecular weight is 452 g/mol. The highest BCUT2D eigenvalue weighted by atomic mass is 32.2. The SMILES string of the molecule is Nc1nc(NCc2ccccc2)nc(Nc2ccc(S(=O)(=O)O)cc2S(=O)(=O)O)n1. The van der Waals surface area contributed by atoms with E-state index in [4.69, 9.17) is 10.3 Å². The van der Waals surface area contributed by atoms with Crippen LogP contribution < -0.4 is 16.4 Å². The predicted molar refractivity (Wildman–Crippen MR) is 107 cm³/mol. The molecule has 0 spiro atoms. The van der Waals surface area contributed by atoms with Crippen LogP contribution in [0.1, 0.15) is 5.56 Å². The first-order valence-electron chi connectivity index (χ1n) is 8.18. The second-order valence-electron chi connectivity index (χ2n) is 5.91. The van der Waals surface area contributed by atoms with Crippen LogP contribution in [0.25, 0.3) is 0 Å². The average Bonchev–Trinajstić information content (AvgIpc) is 2.65. The highest BCUT2D eigenvalue weighted by Crippen LogP contribution is 2.27. The van der Waals surface area contributed by atoms with Crippen LogP contribution in [-0.4, -0.2) is 40.9 Å². The molecular formula is C16H16N6O6S2. The molecular weight excluding hydrogens is 436 g/mol. The van der Waals surface area contributed by atoms with Gasteiger partial charge in [-0.2, -0.15) is 31.8 Å². The molecule has 2 aromatic carbocycles. The van der Waals surface area contributed by atoms with Crippen molar-refractivity contribution in [3.63, 3.8) is 0 Å². The maximum Gasteiger partial charge on any atom is 0.296 e. The number of rotatable bonds is 7. The summed E-state index contributed by atoms with van der Waals surface area (Å²) in [5.74, 6) is -0.245. The number of nitrogens with one attached hydrogen (secondary N) is 2. The molecule has 0 bridgehead atoms. The number of aromatic nitrogens is 3. The van der Waals surface area contributed by atoms with Crippen molar-refractivity contribution in [3.05, 3.63) is 54.1 Å². The summed E-state index contributed by atoms with van der Waals surface area (Å²) < 4.78 is 64.4. The maximum atomic E-state index is 11.7. The first-order chi connectivity index (χ1) is 14.0. The van der Waals surface area contributed by atoms with E-state index in [1.807, 2.05) is 30.3 Å². The van der Waals surface area contributed by atoms with Gasteiger partial charge in [-0.1, -0.05) is 30.3 Å². The number of anilines is 4. The summed E-state index contributed by atoms with van der Waals surface area (Å²) in [7, 11) is -9.56. The quantitative estimate of drug-likeness (QED) is 0.322. The molecule has 0 saturated carbocycles. The Labute approximate surface area is 171 Å². The van der Waals surface area contributed by atoms with E-state index in [1.165, 1.54) is 0 Å². The number of nitrogen functional groups attached to an aromatic ring is 1. The highest BCUT2D eigenvalue weighted by molar-refractivity contribution is 7.86. The van der Waals surface area contributed by atoms with Gasteiger partial charge in [-0.3, -0.25) is 9.11 Å². The zero-order valence-corrected chi connectivity index (χ0v) is 16.7. The minimum Gasteiger partial charge on any atom is -0.368 e. The van der Waals surface area contributed by atoms with Gasteiger partial charge in [0, 0.05) is 6.54 Å². The number of nitrogens with two attached hydrogens (primary N) is 1. The lowest BCUT2D eigenvalue weighted by atomic mass is 10.2. The Morgan fingerprint density at radius 2 is 1.53 bits per heavy atom. The first-order valence-corrected chi connectivity index (χ1v) is 11.1. The largest absolute Gasteiger partial charge is 0.368 e. The Balaban J connectivity index is 1.91. The van der Waals surface area contributed by atoms with Gasteiger partial charge >= 0.3 is 0 Å². The summed E-state index contributed by atoms with van der Waals surface area (Å²) in [4.78, 5) is 10.3. The third-order valence-corrected chi connectivity index (χ3v) is 5.46. The van der Waals surface area contributed by atoms with Gasteiger partial charge in [0.05, 0.1) is 10.6 Å². The Morgan fingerprint density at radius 3 is 2.17 bits per heavy atom. The summed E-state index contributed by atoms with van der Waals surface area (Å²) in [5.41, 5.74) is 6.36. The minimum atomic E-state index is -4.86. The fourth-order valence-corrected chi connectivity index (χ4v) is 3.66. The molecule has 0 atom stereocenters. The lowest BCUT2D eigenvalue weighted by Crippen LogP contribution is -2.11. The van der Waals surface area contributed by atoms with E-state index in [1.54, 1.807) is 0 Å². The topological polar surface area (TPSA) is 197 Å². The number of hydrogen-bond donors (Lipinski definition) is 5. The van der Waals surface area contributed by atoms with E-state index in [0.717, 1.165) is 17.7 Å². The zero-order chi connectivity index (χ0) is 21.9. The molecule has 1 aromatic heterocycles. The van der Waals surface area contributed by atoms with E-state index < -0.39 is 30.0 Å². The van der Waals surface area contributed by atoms with E-state index >= 15 is 0 Å². The van der Waals surface area contributed by atoms with Crippen molar-refractivity contribution in [2.45, 2.75) is 16.3 Å². The fraction of sp³-hybridized carbons (Fsp3) is 0.0625. The molecule has 0 saturated heterocycles. The van der Waals surface area contributed by atoms with Crippen LogP contribution in [0.15, 0.2) is 58.3 Å². The van der Waals surface area contributed by atoms with E-state index in [2.05, 4.69) is 25.6 Å². The highest BCUT2D eigenvalue weighted by Gasteiger charge is 2.21. The Hall–Kier alpha value is -3.33. The molecule has 0 amide bonds. The molecule has 3 rings (SSSR count). The zero-order valence-electron chi connectivity index (χ0n) is 15.1. The number of hydrogen-bond acceptors (Lipinski definition) is 10. The molecule has 14 heteroatoms. The molecule has 158 valence electrons. The van der Waals surface area contributed by atoms with Gasteiger partial charge in [-0.25, -0.2) is 0 Å². The molecule has 0 fully saturated rings. The number of benzene rings is 2. The van der Waals surface area contributed by atoms with E-state index in [-0.39, 0.29) is 23.5 Å². The van der Waals surface area contributed by atoms with Gasteiger partial charge < -0.3 is 16.4 Å². The Kier molecular flexibility index (Phi) is 5.84. The van der Waals surface area contributed by atoms with Crippen molar-refractivity contribution in [1.29, 1.82) is 0 Å². The third kappa shape index (κ3) is 5.38. The van der Waals surface area contributed by atoms with Crippen LogP contribution in [0.3, 0.4) is 0 Å². The predicted octanol–water partition coefficient (Wildman–Crippen LogP) is 1.30. The normalized spacial score (nSPS) is 11.8. The van der Waals surface area contributed by atoms with Gasteiger partial charge in [0.25, 0.3) is 20.2 Å². The molecule has 0 aliphatic heterocycles. The van der Waals surface area contributed by atoms with Crippen molar-refractivity contribution in [2.75, 3.05) is 16.4 Å². The lowest BCUT2D eigenvalue weighted by Gasteiger charge is -2.12. The van der Waals surface area contributed by atoms with Crippen molar-refractivity contribution < 1.29 is 25.9 Å². The van der Waals surface area contributed by atoms with Crippen LogP contribution in [0.2, 0.25) is 0 Å². The second kappa shape index (κ2) is 8.19. The summed E-state index contributed by atoms with van der Waals surface area (Å²) in [6, 6.07) is 11.9. The van der Waals surface area contributed by atoms with Crippen molar-refractivity contribution in [2.24, 2.45) is 0 Å². The molecule has 0 aliphatic carbocycles. The molecule has 12 nitrogen and oxygen atoms in total. The van der Waals surface area contributed by atoms with Crippen molar-refractivity contribution in [3.8, 4) is 0 Å². The van der Waals surface area contributed by atoms with Gasteiger partial charge in [0.2, 0.25) is 17.8 Å². The van der Waals surface area contributed by atoms with E-state index in [9.17, 15) is 21.4 Å². The number of nitrogens with zero attached hydrogens (tertiary/aromatic N) is 3. The molecule has 0 radical (unpaired) electrons. The Morgan fingerprint density at radius 1 is 0.867 bits per heavy atom. The standard InChI is InChI=1S/C16H16N6O6S2/c17-14-20-15(18-9-10-4-2-1-3-5-10)22-16(21-14)19-12-7-6-11(29(23,24)25)8-13(12)30(26,27)28/h1-8H,9H2,(H,23,24,25)(H,26,27,28)(H4,17,18,19,20,21,22). The van der Waals surface area contributed by atoms with Crippen LogP contribution in [0.5, 0.6) is 0 Å². The summed E-state index contributed by atoms with van der Waals surface area (Å²) in [5, 5.41) is 5.48. The Bertz CT molecular complexity index is 1280. The molecule has 0 unspecified atom stereocenters.